The number of halogens is 1. The molecule has 5 heteroatoms. The van der Waals surface area contributed by atoms with Crippen LogP contribution in [0.1, 0.15) is 31.2 Å². The Hall–Kier alpha value is -0.580. The summed E-state index contributed by atoms with van der Waals surface area (Å²) < 4.78 is 1.96. The first-order chi connectivity index (χ1) is 8.11. The Morgan fingerprint density at radius 2 is 2.29 bits per heavy atom. The van der Waals surface area contributed by atoms with Crippen molar-refractivity contribution in [3.05, 3.63) is 16.4 Å². The van der Waals surface area contributed by atoms with E-state index in [1.807, 2.05) is 11.6 Å². The van der Waals surface area contributed by atoms with Gasteiger partial charge >= 0.3 is 0 Å². The maximum absolute atomic E-state index is 9.66. The van der Waals surface area contributed by atoms with E-state index in [0.29, 0.717) is 0 Å². The van der Waals surface area contributed by atoms with E-state index in [2.05, 4.69) is 16.9 Å². The van der Waals surface area contributed by atoms with Crippen molar-refractivity contribution in [3.63, 3.8) is 0 Å². The second-order valence-corrected chi connectivity index (χ2v) is 5.07. The molecule has 1 aliphatic heterocycles. The van der Waals surface area contributed by atoms with Gasteiger partial charge in [0.25, 0.3) is 0 Å². The summed E-state index contributed by atoms with van der Waals surface area (Å²) in [4.78, 5) is 2.25. The van der Waals surface area contributed by atoms with Crippen molar-refractivity contribution in [2.24, 2.45) is 0 Å². The molecule has 1 unspecified atom stereocenters. The van der Waals surface area contributed by atoms with Gasteiger partial charge < -0.3 is 5.11 Å². The first-order valence-corrected chi connectivity index (χ1v) is 6.61. The maximum Gasteiger partial charge on any atom is 0.0860 e. The van der Waals surface area contributed by atoms with E-state index in [0.717, 1.165) is 55.4 Å². The van der Waals surface area contributed by atoms with Crippen LogP contribution in [-0.2, 0) is 13.1 Å². The molecule has 0 aromatic carbocycles. The molecule has 96 valence electrons. The Morgan fingerprint density at radius 3 is 2.94 bits per heavy atom. The number of nitrogens with zero attached hydrogens (tertiary/aromatic N) is 3. The van der Waals surface area contributed by atoms with Gasteiger partial charge in [-0.3, -0.25) is 9.58 Å². The number of likely N-dealkylation sites (tertiary alicyclic amines) is 1. The summed E-state index contributed by atoms with van der Waals surface area (Å²) >= 11 is 6.28. The number of piperidine rings is 1. The summed E-state index contributed by atoms with van der Waals surface area (Å²) in [6.07, 6.45) is 1.77. The minimum atomic E-state index is -0.193. The highest BCUT2D eigenvalue weighted by Gasteiger charge is 2.21. The lowest BCUT2D eigenvalue weighted by atomic mass is 10.1. The second-order valence-electron chi connectivity index (χ2n) is 4.69. The second kappa shape index (κ2) is 5.38. The number of aliphatic hydroxyl groups is 1. The highest BCUT2D eigenvalue weighted by Crippen LogP contribution is 2.23. The van der Waals surface area contributed by atoms with Crippen LogP contribution in [0.2, 0.25) is 5.02 Å². The Kier molecular flexibility index (Phi) is 4.07. The van der Waals surface area contributed by atoms with Crippen LogP contribution in [0, 0.1) is 6.92 Å². The third kappa shape index (κ3) is 2.81. The van der Waals surface area contributed by atoms with Crippen molar-refractivity contribution in [2.75, 3.05) is 13.1 Å². The van der Waals surface area contributed by atoms with Crippen molar-refractivity contribution in [1.29, 1.82) is 0 Å². The maximum atomic E-state index is 9.66. The molecule has 1 aromatic heterocycles. The molecule has 1 saturated heterocycles. The van der Waals surface area contributed by atoms with Crippen LogP contribution in [0.3, 0.4) is 0 Å². The Morgan fingerprint density at radius 1 is 1.53 bits per heavy atom. The number of aliphatic hydroxyl groups excluding tert-OH is 1. The first kappa shape index (κ1) is 12.9. The van der Waals surface area contributed by atoms with Gasteiger partial charge in [0.15, 0.2) is 0 Å². The van der Waals surface area contributed by atoms with E-state index in [1.165, 1.54) is 0 Å². The third-order valence-electron chi connectivity index (χ3n) is 3.31. The number of rotatable bonds is 3. The van der Waals surface area contributed by atoms with Gasteiger partial charge in [-0.05, 0) is 33.2 Å². The van der Waals surface area contributed by atoms with Gasteiger partial charge in [0, 0.05) is 19.6 Å². The molecule has 1 fully saturated rings. The fourth-order valence-corrected chi connectivity index (χ4v) is 2.60. The van der Waals surface area contributed by atoms with Gasteiger partial charge in [0.1, 0.15) is 0 Å². The van der Waals surface area contributed by atoms with Crippen molar-refractivity contribution in [2.45, 2.75) is 45.9 Å². The minimum absolute atomic E-state index is 0.193. The van der Waals surface area contributed by atoms with Crippen molar-refractivity contribution in [3.8, 4) is 0 Å². The lowest BCUT2D eigenvalue weighted by molar-refractivity contribution is 0.0655. The average Bonchev–Trinajstić information content (AvgIpc) is 2.57. The molecule has 0 amide bonds. The smallest absolute Gasteiger partial charge is 0.0860 e. The van der Waals surface area contributed by atoms with Gasteiger partial charge in [-0.2, -0.15) is 5.10 Å². The van der Waals surface area contributed by atoms with Gasteiger partial charge in [-0.1, -0.05) is 11.6 Å². The van der Waals surface area contributed by atoms with E-state index < -0.39 is 0 Å². The molecule has 1 aromatic rings. The molecule has 0 spiro atoms. The highest BCUT2D eigenvalue weighted by molar-refractivity contribution is 6.31. The highest BCUT2D eigenvalue weighted by atomic mass is 35.5. The van der Waals surface area contributed by atoms with Crippen LogP contribution in [0.15, 0.2) is 0 Å². The molecule has 4 nitrogen and oxygen atoms in total. The quantitative estimate of drug-likeness (QED) is 0.898. The summed E-state index contributed by atoms with van der Waals surface area (Å²) in [5.74, 6) is 0. The lowest BCUT2D eigenvalue weighted by Gasteiger charge is -2.30. The number of aryl methyl sites for hydroxylation is 2. The molecule has 1 atom stereocenters. The lowest BCUT2D eigenvalue weighted by Crippen LogP contribution is -2.38. The topological polar surface area (TPSA) is 41.3 Å². The van der Waals surface area contributed by atoms with E-state index in [4.69, 9.17) is 11.6 Å². The van der Waals surface area contributed by atoms with Crippen molar-refractivity contribution < 1.29 is 5.11 Å². The molecule has 0 bridgehead atoms. The van der Waals surface area contributed by atoms with Gasteiger partial charge in [-0.25, -0.2) is 0 Å². The molecule has 2 heterocycles. The molecular weight excluding hydrogens is 238 g/mol. The van der Waals surface area contributed by atoms with Crippen LogP contribution in [0.25, 0.3) is 0 Å². The number of hydrogen-bond donors (Lipinski definition) is 1. The summed E-state index contributed by atoms with van der Waals surface area (Å²) in [5, 5.41) is 14.8. The van der Waals surface area contributed by atoms with E-state index >= 15 is 0 Å². The molecule has 17 heavy (non-hydrogen) atoms. The van der Waals surface area contributed by atoms with Crippen molar-refractivity contribution >= 4 is 11.6 Å². The molecule has 2 rings (SSSR count). The number of β-amino-alcohol motifs (C(OH)–C–C–N with tert-alkyl or cyclic N) is 1. The number of aromatic nitrogens is 2. The third-order valence-corrected chi connectivity index (χ3v) is 3.80. The van der Waals surface area contributed by atoms with Gasteiger partial charge in [-0.15, -0.1) is 0 Å². The predicted octanol–water partition coefficient (Wildman–Crippen LogP) is 1.82. The standard InChI is InChI=1S/C12H20ClN3O/c1-3-16-11(12(13)9(2)14-16)8-15-6-4-5-10(17)7-15/h10,17H,3-8H2,1-2H3. The van der Waals surface area contributed by atoms with E-state index in [9.17, 15) is 5.11 Å². The summed E-state index contributed by atoms with van der Waals surface area (Å²) in [7, 11) is 0. The van der Waals surface area contributed by atoms with Crippen LogP contribution < -0.4 is 0 Å². The SMILES string of the molecule is CCn1nc(C)c(Cl)c1CN1CCCC(O)C1. The Balaban J connectivity index is 2.12. The average molecular weight is 258 g/mol. The zero-order valence-electron chi connectivity index (χ0n) is 10.5. The Labute approximate surface area is 107 Å². The Bertz CT molecular complexity index is 391. The molecular formula is C12H20ClN3O. The van der Waals surface area contributed by atoms with Gasteiger partial charge in [0.2, 0.25) is 0 Å². The van der Waals surface area contributed by atoms with Crippen LogP contribution in [-0.4, -0.2) is 39.0 Å². The fraction of sp³-hybridized carbons (Fsp3) is 0.750. The monoisotopic (exact) mass is 257 g/mol. The molecule has 1 N–H and O–H groups in total. The van der Waals surface area contributed by atoms with Crippen molar-refractivity contribution in [1.82, 2.24) is 14.7 Å². The van der Waals surface area contributed by atoms with Gasteiger partial charge in [0.05, 0.1) is 22.5 Å². The predicted molar refractivity (Wildman–Crippen MR) is 68.2 cm³/mol. The zero-order valence-corrected chi connectivity index (χ0v) is 11.2. The summed E-state index contributed by atoms with van der Waals surface area (Å²) in [6, 6.07) is 0. The minimum Gasteiger partial charge on any atom is -0.392 e. The molecule has 0 aliphatic carbocycles. The molecule has 0 radical (unpaired) electrons. The van der Waals surface area contributed by atoms with E-state index in [-0.39, 0.29) is 6.10 Å². The van der Waals surface area contributed by atoms with Crippen LogP contribution >= 0.6 is 11.6 Å². The normalized spacial score (nSPS) is 22.0. The molecule has 1 aliphatic rings. The largest absolute Gasteiger partial charge is 0.392 e. The van der Waals surface area contributed by atoms with Crippen LogP contribution in [0.4, 0.5) is 0 Å². The number of hydrogen-bond acceptors (Lipinski definition) is 3. The fourth-order valence-electron chi connectivity index (χ4n) is 2.41. The summed E-state index contributed by atoms with van der Waals surface area (Å²) in [5.41, 5.74) is 1.96. The zero-order chi connectivity index (χ0) is 12.4. The summed E-state index contributed by atoms with van der Waals surface area (Å²) in [6.45, 7) is 7.38. The molecule has 0 saturated carbocycles. The first-order valence-electron chi connectivity index (χ1n) is 6.24. The van der Waals surface area contributed by atoms with Crippen LogP contribution in [0.5, 0.6) is 0 Å². The van der Waals surface area contributed by atoms with E-state index in [1.54, 1.807) is 0 Å².